The van der Waals surface area contributed by atoms with Crippen molar-refractivity contribution in [2.24, 2.45) is 5.92 Å². The number of benzene rings is 1. The quantitative estimate of drug-likeness (QED) is 0.681. The summed E-state index contributed by atoms with van der Waals surface area (Å²) in [6, 6.07) is 7.65. The lowest BCUT2D eigenvalue weighted by Gasteiger charge is -2.12. The Labute approximate surface area is 135 Å². The molecule has 0 amide bonds. The number of rotatable bonds is 9. The molecule has 2 N–H and O–H groups in total. The van der Waals surface area contributed by atoms with Crippen LogP contribution in [0.15, 0.2) is 24.3 Å². The number of halogens is 2. The van der Waals surface area contributed by atoms with Gasteiger partial charge in [-0.2, -0.15) is 0 Å². The Balaban J connectivity index is 1.55. The minimum Gasteiger partial charge on any atom is -0.497 e. The molecule has 0 bridgehead atoms. The predicted octanol–water partition coefficient (Wildman–Crippen LogP) is 2.36. The summed E-state index contributed by atoms with van der Waals surface area (Å²) in [6.45, 7) is 1.96. The summed E-state index contributed by atoms with van der Waals surface area (Å²) in [4.78, 5) is 0. The number of aliphatic hydroxyl groups is 1. The zero-order valence-corrected chi connectivity index (χ0v) is 13.5. The highest BCUT2D eigenvalue weighted by Gasteiger charge is 2.50. The van der Waals surface area contributed by atoms with Crippen molar-refractivity contribution >= 4 is 23.2 Å². The van der Waals surface area contributed by atoms with E-state index in [4.69, 9.17) is 32.7 Å². The zero-order chi connectivity index (χ0) is 15.3. The molecule has 1 aromatic carbocycles. The Bertz CT molecular complexity index is 439. The van der Waals surface area contributed by atoms with Crippen LogP contribution in [0.3, 0.4) is 0 Å². The van der Waals surface area contributed by atoms with E-state index in [1.165, 1.54) is 0 Å². The van der Waals surface area contributed by atoms with Crippen LogP contribution in [-0.4, -0.2) is 42.4 Å². The second-order valence-corrected chi connectivity index (χ2v) is 6.88. The molecule has 0 aromatic heterocycles. The standard InChI is InChI=1S/C15H21Cl2NO3/c1-20-14-4-2-11(3-5-14)9-21-10-13(19)8-18-7-12-6-15(12,16)17/h2-5,12-13,18-19H,6-10H2,1H3. The van der Waals surface area contributed by atoms with E-state index in [1.54, 1.807) is 7.11 Å². The van der Waals surface area contributed by atoms with Gasteiger partial charge in [0.2, 0.25) is 0 Å². The molecule has 0 aliphatic heterocycles. The normalized spacial score (nSPS) is 21.0. The van der Waals surface area contributed by atoms with Gasteiger partial charge in [-0.15, -0.1) is 23.2 Å². The number of ether oxygens (including phenoxy) is 2. The summed E-state index contributed by atoms with van der Waals surface area (Å²) in [6.07, 6.45) is 0.273. The number of hydrogen-bond donors (Lipinski definition) is 2. The molecule has 0 radical (unpaired) electrons. The van der Waals surface area contributed by atoms with Crippen molar-refractivity contribution in [2.45, 2.75) is 23.5 Å². The number of hydrogen-bond acceptors (Lipinski definition) is 4. The van der Waals surface area contributed by atoms with E-state index in [0.29, 0.717) is 13.2 Å². The van der Waals surface area contributed by atoms with Gasteiger partial charge in [-0.1, -0.05) is 12.1 Å². The third kappa shape index (κ3) is 5.64. The Morgan fingerprint density at radius 2 is 2.05 bits per heavy atom. The highest BCUT2D eigenvalue weighted by Crippen LogP contribution is 2.52. The van der Waals surface area contributed by atoms with E-state index in [0.717, 1.165) is 24.3 Å². The number of nitrogens with one attached hydrogen (secondary N) is 1. The number of methoxy groups -OCH3 is 1. The molecule has 0 heterocycles. The van der Waals surface area contributed by atoms with Crippen LogP contribution < -0.4 is 10.1 Å². The summed E-state index contributed by atoms with van der Waals surface area (Å²) >= 11 is 11.8. The molecule has 1 aromatic rings. The second-order valence-electron chi connectivity index (χ2n) is 5.34. The van der Waals surface area contributed by atoms with Crippen LogP contribution in [0.25, 0.3) is 0 Å². The van der Waals surface area contributed by atoms with Gasteiger partial charge < -0.3 is 19.9 Å². The summed E-state index contributed by atoms with van der Waals surface area (Å²) < 4.78 is 10.0. The molecule has 1 saturated carbocycles. The van der Waals surface area contributed by atoms with Crippen molar-refractivity contribution in [1.82, 2.24) is 5.32 Å². The average Bonchev–Trinajstić information content (AvgIpc) is 3.07. The first-order valence-electron chi connectivity index (χ1n) is 6.98. The molecule has 0 saturated heterocycles. The third-order valence-corrected chi connectivity index (χ3v) is 4.39. The van der Waals surface area contributed by atoms with E-state index in [-0.39, 0.29) is 12.5 Å². The van der Waals surface area contributed by atoms with Crippen LogP contribution in [0.4, 0.5) is 0 Å². The fourth-order valence-electron chi connectivity index (χ4n) is 2.01. The molecule has 1 fully saturated rings. The number of alkyl halides is 2. The van der Waals surface area contributed by atoms with E-state index in [9.17, 15) is 5.11 Å². The smallest absolute Gasteiger partial charge is 0.122 e. The molecule has 1 aliphatic carbocycles. The SMILES string of the molecule is COc1ccc(COCC(O)CNCC2CC2(Cl)Cl)cc1. The second kappa shape index (κ2) is 7.65. The first kappa shape index (κ1) is 16.8. The lowest BCUT2D eigenvalue weighted by molar-refractivity contribution is 0.0288. The molecule has 21 heavy (non-hydrogen) atoms. The molecule has 2 unspecified atom stereocenters. The fourth-order valence-corrected chi connectivity index (χ4v) is 2.54. The van der Waals surface area contributed by atoms with E-state index in [1.807, 2.05) is 24.3 Å². The van der Waals surface area contributed by atoms with Crippen LogP contribution >= 0.6 is 23.2 Å². The van der Waals surface area contributed by atoms with Gasteiger partial charge >= 0.3 is 0 Å². The highest BCUT2D eigenvalue weighted by molar-refractivity contribution is 6.50. The van der Waals surface area contributed by atoms with Crippen LogP contribution in [0.1, 0.15) is 12.0 Å². The molecule has 0 spiro atoms. The fraction of sp³-hybridized carbons (Fsp3) is 0.600. The van der Waals surface area contributed by atoms with Crippen LogP contribution in [-0.2, 0) is 11.3 Å². The van der Waals surface area contributed by atoms with Gasteiger partial charge in [0, 0.05) is 19.0 Å². The van der Waals surface area contributed by atoms with Crippen LogP contribution in [0.2, 0.25) is 0 Å². The van der Waals surface area contributed by atoms with Crippen molar-refractivity contribution in [3.63, 3.8) is 0 Å². The van der Waals surface area contributed by atoms with Crippen LogP contribution in [0, 0.1) is 5.92 Å². The lowest BCUT2D eigenvalue weighted by Crippen LogP contribution is -2.32. The minimum absolute atomic E-state index is 0.285. The maximum Gasteiger partial charge on any atom is 0.122 e. The third-order valence-electron chi connectivity index (χ3n) is 3.46. The molecule has 1 aliphatic rings. The predicted molar refractivity (Wildman–Crippen MR) is 84.1 cm³/mol. The van der Waals surface area contributed by atoms with Gasteiger partial charge in [0.25, 0.3) is 0 Å². The van der Waals surface area contributed by atoms with Crippen molar-refractivity contribution in [3.05, 3.63) is 29.8 Å². The molecule has 2 rings (SSSR count). The monoisotopic (exact) mass is 333 g/mol. The summed E-state index contributed by atoms with van der Waals surface area (Å²) in [5, 5.41) is 13.0. The Hall–Kier alpha value is -0.520. The van der Waals surface area contributed by atoms with Crippen molar-refractivity contribution in [2.75, 3.05) is 26.8 Å². The largest absolute Gasteiger partial charge is 0.497 e. The average molecular weight is 334 g/mol. The van der Waals surface area contributed by atoms with Crippen molar-refractivity contribution in [3.8, 4) is 5.75 Å². The maximum absolute atomic E-state index is 9.80. The van der Waals surface area contributed by atoms with E-state index >= 15 is 0 Å². The highest BCUT2D eigenvalue weighted by atomic mass is 35.5. The first-order chi connectivity index (χ1) is 10.0. The zero-order valence-electron chi connectivity index (χ0n) is 12.0. The van der Waals surface area contributed by atoms with Gasteiger partial charge in [-0.25, -0.2) is 0 Å². The van der Waals surface area contributed by atoms with Gasteiger partial charge in [-0.3, -0.25) is 0 Å². The molecule has 4 nitrogen and oxygen atoms in total. The van der Waals surface area contributed by atoms with Crippen molar-refractivity contribution in [1.29, 1.82) is 0 Å². The topological polar surface area (TPSA) is 50.7 Å². The Morgan fingerprint density at radius 3 is 2.62 bits per heavy atom. The Kier molecular flexibility index (Phi) is 6.14. The maximum atomic E-state index is 9.80. The molecular weight excluding hydrogens is 313 g/mol. The van der Waals surface area contributed by atoms with Crippen LogP contribution in [0.5, 0.6) is 5.75 Å². The van der Waals surface area contributed by atoms with Gasteiger partial charge in [0.1, 0.15) is 10.1 Å². The molecule has 6 heteroatoms. The van der Waals surface area contributed by atoms with Crippen molar-refractivity contribution < 1.29 is 14.6 Å². The first-order valence-corrected chi connectivity index (χ1v) is 7.74. The lowest BCUT2D eigenvalue weighted by atomic mass is 10.2. The molecule has 118 valence electrons. The number of aliphatic hydroxyl groups excluding tert-OH is 1. The molecule has 2 atom stereocenters. The van der Waals surface area contributed by atoms with E-state index in [2.05, 4.69) is 5.32 Å². The summed E-state index contributed by atoms with van der Waals surface area (Å²) in [7, 11) is 1.63. The molecular formula is C15H21Cl2NO3. The van der Waals surface area contributed by atoms with Gasteiger partial charge in [0.15, 0.2) is 0 Å². The van der Waals surface area contributed by atoms with Gasteiger partial charge in [0.05, 0.1) is 26.4 Å². The minimum atomic E-state index is -0.567. The van der Waals surface area contributed by atoms with Gasteiger partial charge in [-0.05, 0) is 24.1 Å². The van der Waals surface area contributed by atoms with E-state index < -0.39 is 10.4 Å². The summed E-state index contributed by atoms with van der Waals surface area (Å²) in [5.74, 6) is 1.10. The Morgan fingerprint density at radius 1 is 1.38 bits per heavy atom. The summed E-state index contributed by atoms with van der Waals surface area (Å²) in [5.41, 5.74) is 1.04.